The van der Waals surface area contributed by atoms with Gasteiger partial charge in [-0.15, -0.1) is 10.2 Å². The largest absolute Gasteiger partial charge is 0.364 e. The number of aryl methyl sites for hydroxylation is 2. The van der Waals surface area contributed by atoms with Crippen LogP contribution in [0.2, 0.25) is 0 Å². The summed E-state index contributed by atoms with van der Waals surface area (Å²) in [5, 5.41) is 20.6. The van der Waals surface area contributed by atoms with Crippen LogP contribution in [-0.4, -0.2) is 29.8 Å². The van der Waals surface area contributed by atoms with E-state index in [1.54, 1.807) is 4.68 Å². The molecule has 0 aliphatic rings. The highest BCUT2D eigenvalue weighted by atomic mass is 15.3. The third kappa shape index (κ3) is 3.32. The molecule has 3 aromatic heterocycles. The van der Waals surface area contributed by atoms with Crippen LogP contribution in [0.5, 0.6) is 0 Å². The van der Waals surface area contributed by atoms with E-state index in [-0.39, 0.29) is 0 Å². The quantitative estimate of drug-likeness (QED) is 0.602. The second-order valence-electron chi connectivity index (χ2n) is 6.06. The first-order chi connectivity index (χ1) is 12.7. The monoisotopic (exact) mass is 345 g/mol. The third-order valence-electron chi connectivity index (χ3n) is 4.03. The highest BCUT2D eigenvalue weighted by Gasteiger charge is 2.06. The molecule has 0 fully saturated rings. The minimum Gasteiger partial charge on any atom is -0.364 e. The number of anilines is 1. The van der Waals surface area contributed by atoms with E-state index in [0.29, 0.717) is 18.2 Å². The van der Waals surface area contributed by atoms with Crippen molar-refractivity contribution in [3.8, 4) is 11.5 Å². The van der Waals surface area contributed by atoms with Gasteiger partial charge in [0.25, 0.3) is 0 Å². The van der Waals surface area contributed by atoms with E-state index in [4.69, 9.17) is 0 Å². The lowest BCUT2D eigenvalue weighted by molar-refractivity contribution is 0.802. The molecule has 0 unspecified atom stereocenters. The predicted octanol–water partition coefficient (Wildman–Crippen LogP) is 3.08. The van der Waals surface area contributed by atoms with Crippen LogP contribution in [0.25, 0.3) is 11.5 Å². The highest BCUT2D eigenvalue weighted by molar-refractivity contribution is 5.44. The topological polar surface area (TPSA) is 73.5 Å². The lowest BCUT2D eigenvalue weighted by Crippen LogP contribution is -2.08. The lowest BCUT2D eigenvalue weighted by atomic mass is 10.2. The summed E-state index contributed by atoms with van der Waals surface area (Å²) in [7, 11) is 0. The Morgan fingerprint density at radius 2 is 1.54 bits per heavy atom. The maximum Gasteiger partial charge on any atom is 0.175 e. The van der Waals surface area contributed by atoms with Crippen molar-refractivity contribution in [1.82, 2.24) is 29.8 Å². The average molecular weight is 345 g/mol. The number of benzene rings is 1. The van der Waals surface area contributed by atoms with E-state index < -0.39 is 0 Å². The maximum atomic E-state index is 4.49. The van der Waals surface area contributed by atoms with Crippen molar-refractivity contribution < 1.29 is 0 Å². The fraction of sp³-hybridized carbons (Fsp3) is 0.158. The second kappa shape index (κ2) is 6.79. The van der Waals surface area contributed by atoms with Crippen molar-refractivity contribution in [3.63, 3.8) is 0 Å². The molecule has 3 heterocycles. The Morgan fingerprint density at radius 3 is 2.19 bits per heavy atom. The van der Waals surface area contributed by atoms with Crippen LogP contribution in [0.4, 0.5) is 5.82 Å². The molecule has 7 nitrogen and oxygen atoms in total. The number of para-hydroxylation sites is 1. The van der Waals surface area contributed by atoms with Crippen molar-refractivity contribution in [3.05, 3.63) is 77.9 Å². The van der Waals surface area contributed by atoms with E-state index in [1.165, 1.54) is 0 Å². The minimum absolute atomic E-state index is 0.629. The molecule has 0 aliphatic carbocycles. The Kier molecular flexibility index (Phi) is 4.18. The van der Waals surface area contributed by atoms with Gasteiger partial charge in [-0.05, 0) is 49.7 Å². The third-order valence-corrected chi connectivity index (χ3v) is 4.03. The van der Waals surface area contributed by atoms with Gasteiger partial charge in [-0.3, -0.25) is 0 Å². The molecule has 0 atom stereocenters. The molecule has 1 aromatic carbocycles. The molecule has 0 saturated heterocycles. The van der Waals surface area contributed by atoms with Crippen LogP contribution in [0.3, 0.4) is 0 Å². The molecule has 130 valence electrons. The van der Waals surface area contributed by atoms with Crippen LogP contribution in [-0.2, 0) is 6.54 Å². The summed E-state index contributed by atoms with van der Waals surface area (Å²) in [4.78, 5) is 0. The maximum absolute atomic E-state index is 4.49. The van der Waals surface area contributed by atoms with Gasteiger partial charge in [-0.25, -0.2) is 9.36 Å². The SMILES string of the molecule is Cc1ccn(-c2ccc(NCc3ccccc3-n3ccc(C)n3)nn2)n1. The first-order valence-corrected chi connectivity index (χ1v) is 8.40. The molecular weight excluding hydrogens is 326 g/mol. The molecule has 0 spiro atoms. The molecule has 4 rings (SSSR count). The van der Waals surface area contributed by atoms with E-state index in [9.17, 15) is 0 Å². The van der Waals surface area contributed by atoms with E-state index in [0.717, 1.165) is 22.6 Å². The molecule has 0 bridgehead atoms. The smallest absolute Gasteiger partial charge is 0.175 e. The lowest BCUT2D eigenvalue weighted by Gasteiger charge is -2.11. The van der Waals surface area contributed by atoms with E-state index >= 15 is 0 Å². The number of hydrogen-bond donors (Lipinski definition) is 1. The number of hydrogen-bond acceptors (Lipinski definition) is 5. The van der Waals surface area contributed by atoms with Crippen molar-refractivity contribution >= 4 is 5.82 Å². The minimum atomic E-state index is 0.629. The van der Waals surface area contributed by atoms with Crippen LogP contribution < -0.4 is 5.32 Å². The summed E-state index contributed by atoms with van der Waals surface area (Å²) in [6, 6.07) is 15.9. The van der Waals surface area contributed by atoms with Gasteiger partial charge in [-0.2, -0.15) is 10.2 Å². The van der Waals surface area contributed by atoms with Crippen LogP contribution in [0.1, 0.15) is 17.0 Å². The fourth-order valence-electron chi connectivity index (χ4n) is 2.70. The normalized spacial score (nSPS) is 10.8. The Morgan fingerprint density at radius 1 is 0.808 bits per heavy atom. The molecule has 7 heteroatoms. The zero-order valence-electron chi connectivity index (χ0n) is 14.7. The van der Waals surface area contributed by atoms with Crippen LogP contribution >= 0.6 is 0 Å². The summed E-state index contributed by atoms with van der Waals surface area (Å²) in [5.41, 5.74) is 4.11. The fourth-order valence-corrected chi connectivity index (χ4v) is 2.70. The second-order valence-corrected chi connectivity index (χ2v) is 6.06. The standard InChI is InChI=1S/C19H19N7/c1-14-9-11-25(23-14)17-6-4-3-5-16(17)13-20-18-7-8-19(22-21-18)26-12-10-15(2)24-26/h3-12H,13H2,1-2H3,(H,20,21). The molecule has 0 saturated carbocycles. The van der Waals surface area contributed by atoms with Crippen molar-refractivity contribution in [2.24, 2.45) is 0 Å². The Bertz CT molecular complexity index is 1010. The van der Waals surface area contributed by atoms with Gasteiger partial charge in [0.2, 0.25) is 0 Å². The van der Waals surface area contributed by atoms with Gasteiger partial charge in [-0.1, -0.05) is 18.2 Å². The average Bonchev–Trinajstić information content (AvgIpc) is 3.29. The summed E-state index contributed by atoms with van der Waals surface area (Å²) in [6.45, 7) is 4.55. The van der Waals surface area contributed by atoms with Gasteiger partial charge in [0.1, 0.15) is 5.82 Å². The number of nitrogens with zero attached hydrogens (tertiary/aromatic N) is 6. The first-order valence-electron chi connectivity index (χ1n) is 8.40. The van der Waals surface area contributed by atoms with Crippen molar-refractivity contribution in [1.29, 1.82) is 0 Å². The summed E-state index contributed by atoms with van der Waals surface area (Å²) in [6.07, 6.45) is 3.84. The molecule has 1 N–H and O–H groups in total. The molecule has 0 aliphatic heterocycles. The molecule has 0 amide bonds. The van der Waals surface area contributed by atoms with Gasteiger partial charge in [0, 0.05) is 18.9 Å². The zero-order chi connectivity index (χ0) is 17.9. The molecule has 4 aromatic rings. The number of nitrogens with one attached hydrogen (secondary N) is 1. The van der Waals surface area contributed by atoms with Gasteiger partial charge < -0.3 is 5.32 Å². The first kappa shape index (κ1) is 16.0. The van der Waals surface area contributed by atoms with E-state index in [1.807, 2.05) is 67.3 Å². The highest BCUT2D eigenvalue weighted by Crippen LogP contribution is 2.16. The van der Waals surface area contributed by atoms with Crippen LogP contribution in [0, 0.1) is 13.8 Å². The Labute approximate surface area is 151 Å². The molecular formula is C19H19N7. The molecule has 26 heavy (non-hydrogen) atoms. The van der Waals surface area contributed by atoms with Crippen molar-refractivity contribution in [2.45, 2.75) is 20.4 Å². The van der Waals surface area contributed by atoms with Gasteiger partial charge in [0.15, 0.2) is 5.82 Å². The Hall–Kier alpha value is -3.48. The number of rotatable bonds is 5. The van der Waals surface area contributed by atoms with E-state index in [2.05, 4.69) is 37.8 Å². The summed E-state index contributed by atoms with van der Waals surface area (Å²) >= 11 is 0. The molecule has 0 radical (unpaired) electrons. The van der Waals surface area contributed by atoms with Crippen molar-refractivity contribution in [2.75, 3.05) is 5.32 Å². The van der Waals surface area contributed by atoms with Gasteiger partial charge >= 0.3 is 0 Å². The van der Waals surface area contributed by atoms with Crippen LogP contribution in [0.15, 0.2) is 60.9 Å². The number of aromatic nitrogens is 6. The Balaban J connectivity index is 1.49. The predicted molar refractivity (Wildman–Crippen MR) is 99.5 cm³/mol. The summed E-state index contributed by atoms with van der Waals surface area (Å²) in [5.74, 6) is 1.40. The van der Waals surface area contributed by atoms with Gasteiger partial charge in [0.05, 0.1) is 17.1 Å². The summed E-state index contributed by atoms with van der Waals surface area (Å²) < 4.78 is 3.60. The zero-order valence-corrected chi connectivity index (χ0v) is 14.7.